The lowest BCUT2D eigenvalue weighted by Gasteiger charge is -2.20. The van der Waals surface area contributed by atoms with Crippen LogP contribution in [0.15, 0.2) is 18.3 Å². The third kappa shape index (κ3) is 3.70. The average Bonchev–Trinajstić information content (AvgIpc) is 2.55. The highest BCUT2D eigenvalue weighted by Gasteiger charge is 2.13. The fourth-order valence-electron chi connectivity index (χ4n) is 2.45. The van der Waals surface area contributed by atoms with Crippen molar-refractivity contribution >= 4 is 5.82 Å². The Kier molecular flexibility index (Phi) is 4.37. The second-order valence-electron chi connectivity index (χ2n) is 5.11. The van der Waals surface area contributed by atoms with Gasteiger partial charge in [0.1, 0.15) is 5.82 Å². The number of rotatable bonds is 3. The van der Waals surface area contributed by atoms with Gasteiger partial charge in [-0.2, -0.15) is 0 Å². The molecule has 1 aliphatic heterocycles. The minimum Gasteiger partial charge on any atom is -0.373 e. The normalized spacial score (nSPS) is 22.1. The molecular formula is C14H23N3. The topological polar surface area (TPSA) is 28.2 Å². The van der Waals surface area contributed by atoms with E-state index in [0.717, 1.165) is 18.3 Å². The monoisotopic (exact) mass is 233 g/mol. The highest BCUT2D eigenvalue weighted by Crippen LogP contribution is 2.18. The molecule has 1 aliphatic rings. The average molecular weight is 233 g/mol. The molecule has 0 bridgehead atoms. The Morgan fingerprint density at radius 1 is 1.41 bits per heavy atom. The van der Waals surface area contributed by atoms with Gasteiger partial charge in [0.2, 0.25) is 0 Å². The van der Waals surface area contributed by atoms with Crippen LogP contribution in [0.5, 0.6) is 0 Å². The fraction of sp³-hybridized carbons (Fsp3) is 0.643. The van der Waals surface area contributed by atoms with Gasteiger partial charge >= 0.3 is 0 Å². The number of hydrogen-bond donors (Lipinski definition) is 1. The lowest BCUT2D eigenvalue weighted by molar-refractivity contribution is 0.273. The first-order chi connectivity index (χ1) is 8.28. The highest BCUT2D eigenvalue weighted by molar-refractivity contribution is 5.36. The van der Waals surface area contributed by atoms with Crippen LogP contribution >= 0.6 is 0 Å². The van der Waals surface area contributed by atoms with E-state index < -0.39 is 0 Å². The SMILES string of the molecule is CNc1cc(CN2CCCC(C)CC2)ccn1. The predicted octanol–water partition coefficient (Wildman–Crippen LogP) is 2.75. The molecule has 0 aromatic carbocycles. The van der Waals surface area contributed by atoms with E-state index in [1.807, 2.05) is 13.2 Å². The number of hydrogen-bond acceptors (Lipinski definition) is 3. The van der Waals surface area contributed by atoms with Gasteiger partial charge in [-0.15, -0.1) is 0 Å². The number of pyridine rings is 1. The number of aromatic nitrogens is 1. The van der Waals surface area contributed by atoms with Crippen LogP contribution in [0, 0.1) is 5.92 Å². The van der Waals surface area contributed by atoms with Crippen molar-refractivity contribution in [2.24, 2.45) is 5.92 Å². The molecule has 1 saturated heterocycles. The molecule has 1 atom stereocenters. The van der Waals surface area contributed by atoms with Crippen LogP contribution in [0.3, 0.4) is 0 Å². The molecule has 3 nitrogen and oxygen atoms in total. The summed E-state index contributed by atoms with van der Waals surface area (Å²) < 4.78 is 0. The zero-order chi connectivity index (χ0) is 12.1. The molecule has 0 amide bonds. The maximum atomic E-state index is 4.25. The summed E-state index contributed by atoms with van der Waals surface area (Å²) in [5, 5.41) is 3.09. The number of nitrogens with one attached hydrogen (secondary N) is 1. The molecule has 2 heterocycles. The van der Waals surface area contributed by atoms with E-state index in [-0.39, 0.29) is 0 Å². The summed E-state index contributed by atoms with van der Waals surface area (Å²) in [7, 11) is 1.92. The molecule has 94 valence electrons. The molecule has 17 heavy (non-hydrogen) atoms. The molecule has 0 aliphatic carbocycles. The first-order valence-corrected chi connectivity index (χ1v) is 6.63. The molecule has 1 unspecified atom stereocenters. The zero-order valence-electron chi connectivity index (χ0n) is 10.9. The second-order valence-corrected chi connectivity index (χ2v) is 5.11. The van der Waals surface area contributed by atoms with Gasteiger partial charge in [-0.05, 0) is 56.0 Å². The summed E-state index contributed by atoms with van der Waals surface area (Å²) in [5.41, 5.74) is 1.36. The van der Waals surface area contributed by atoms with Crippen molar-refractivity contribution in [1.29, 1.82) is 0 Å². The minimum atomic E-state index is 0.894. The molecule has 0 radical (unpaired) electrons. The van der Waals surface area contributed by atoms with E-state index in [4.69, 9.17) is 0 Å². The first-order valence-electron chi connectivity index (χ1n) is 6.63. The van der Waals surface area contributed by atoms with Crippen molar-refractivity contribution in [3.8, 4) is 0 Å². The molecule has 1 fully saturated rings. The van der Waals surface area contributed by atoms with Crippen LogP contribution in [0.1, 0.15) is 31.7 Å². The van der Waals surface area contributed by atoms with Crippen LogP contribution in [0.4, 0.5) is 5.82 Å². The maximum absolute atomic E-state index is 4.25. The van der Waals surface area contributed by atoms with Crippen molar-refractivity contribution in [3.63, 3.8) is 0 Å². The van der Waals surface area contributed by atoms with E-state index in [0.29, 0.717) is 0 Å². The summed E-state index contributed by atoms with van der Waals surface area (Å²) in [5.74, 6) is 1.86. The molecule has 1 N–H and O–H groups in total. The third-order valence-corrected chi connectivity index (χ3v) is 3.60. The van der Waals surface area contributed by atoms with Crippen LogP contribution in [0.25, 0.3) is 0 Å². The van der Waals surface area contributed by atoms with Gasteiger partial charge in [-0.3, -0.25) is 4.90 Å². The summed E-state index contributed by atoms with van der Waals surface area (Å²) in [6.45, 7) is 5.90. The van der Waals surface area contributed by atoms with Gasteiger partial charge in [0, 0.05) is 19.8 Å². The highest BCUT2D eigenvalue weighted by atomic mass is 15.1. The minimum absolute atomic E-state index is 0.894. The first kappa shape index (κ1) is 12.4. The van der Waals surface area contributed by atoms with Crippen LogP contribution in [-0.2, 0) is 6.54 Å². The number of nitrogens with zero attached hydrogens (tertiary/aromatic N) is 2. The number of likely N-dealkylation sites (tertiary alicyclic amines) is 1. The van der Waals surface area contributed by atoms with E-state index >= 15 is 0 Å². The van der Waals surface area contributed by atoms with Gasteiger partial charge in [0.25, 0.3) is 0 Å². The van der Waals surface area contributed by atoms with Crippen LogP contribution in [0.2, 0.25) is 0 Å². The predicted molar refractivity (Wildman–Crippen MR) is 72.1 cm³/mol. The van der Waals surface area contributed by atoms with Crippen LogP contribution < -0.4 is 5.32 Å². The van der Waals surface area contributed by atoms with Crippen molar-refractivity contribution in [2.45, 2.75) is 32.7 Å². The van der Waals surface area contributed by atoms with Gasteiger partial charge < -0.3 is 5.32 Å². The Labute approximate surface area is 104 Å². The fourth-order valence-corrected chi connectivity index (χ4v) is 2.45. The standard InChI is InChI=1S/C14H23N3/c1-12-4-3-8-17(9-6-12)11-13-5-7-16-14(10-13)15-2/h5,7,10,12H,3-4,6,8-9,11H2,1-2H3,(H,15,16). The molecule has 1 aromatic rings. The smallest absolute Gasteiger partial charge is 0.125 e. The molecule has 1 aromatic heterocycles. The molecule has 0 spiro atoms. The van der Waals surface area contributed by atoms with Crippen LogP contribution in [-0.4, -0.2) is 30.0 Å². The van der Waals surface area contributed by atoms with E-state index in [1.54, 1.807) is 0 Å². The molecule has 3 heteroatoms. The Morgan fingerprint density at radius 2 is 2.29 bits per heavy atom. The van der Waals surface area contributed by atoms with Crippen molar-refractivity contribution in [2.75, 3.05) is 25.5 Å². The Hall–Kier alpha value is -1.09. The van der Waals surface area contributed by atoms with E-state index in [9.17, 15) is 0 Å². The summed E-state index contributed by atoms with van der Waals surface area (Å²) in [4.78, 5) is 6.82. The molecule has 0 saturated carbocycles. The summed E-state index contributed by atoms with van der Waals surface area (Å²) >= 11 is 0. The summed E-state index contributed by atoms with van der Waals surface area (Å²) in [6.07, 6.45) is 5.95. The quantitative estimate of drug-likeness (QED) is 0.870. The largest absolute Gasteiger partial charge is 0.373 e. The van der Waals surface area contributed by atoms with Crippen molar-refractivity contribution in [1.82, 2.24) is 9.88 Å². The lowest BCUT2D eigenvalue weighted by Crippen LogP contribution is -2.24. The Balaban J connectivity index is 1.94. The van der Waals surface area contributed by atoms with Crippen molar-refractivity contribution in [3.05, 3.63) is 23.9 Å². The zero-order valence-corrected chi connectivity index (χ0v) is 10.9. The molecule has 2 rings (SSSR count). The Bertz CT molecular complexity index is 351. The second kappa shape index (κ2) is 6.01. The summed E-state index contributed by atoms with van der Waals surface area (Å²) in [6, 6.07) is 4.27. The Morgan fingerprint density at radius 3 is 3.12 bits per heavy atom. The molecular weight excluding hydrogens is 210 g/mol. The van der Waals surface area contributed by atoms with E-state index in [1.165, 1.54) is 37.9 Å². The van der Waals surface area contributed by atoms with Gasteiger partial charge in [0.05, 0.1) is 0 Å². The number of anilines is 1. The lowest BCUT2D eigenvalue weighted by atomic mass is 10.0. The maximum Gasteiger partial charge on any atom is 0.125 e. The third-order valence-electron chi connectivity index (χ3n) is 3.60. The van der Waals surface area contributed by atoms with Gasteiger partial charge in [-0.1, -0.05) is 6.92 Å². The van der Waals surface area contributed by atoms with E-state index in [2.05, 4.69) is 34.3 Å². The van der Waals surface area contributed by atoms with Crippen molar-refractivity contribution < 1.29 is 0 Å². The van der Waals surface area contributed by atoms with Gasteiger partial charge in [0.15, 0.2) is 0 Å². The van der Waals surface area contributed by atoms with Gasteiger partial charge in [-0.25, -0.2) is 4.98 Å².